The quantitative estimate of drug-likeness (QED) is 0.319. The van der Waals surface area contributed by atoms with Gasteiger partial charge in [-0.25, -0.2) is 0 Å². The molecule has 23 heavy (non-hydrogen) atoms. The Morgan fingerprint density at radius 1 is 0.826 bits per heavy atom. The highest BCUT2D eigenvalue weighted by atomic mass is 127. The van der Waals surface area contributed by atoms with E-state index in [-0.39, 0.29) is 24.0 Å². The summed E-state index contributed by atoms with van der Waals surface area (Å²) in [6.07, 6.45) is 0. The Hall–Kier alpha value is -0.470. The van der Waals surface area contributed by atoms with Gasteiger partial charge in [0, 0.05) is 32.7 Å². The van der Waals surface area contributed by atoms with Crippen LogP contribution >= 0.6 is 38.5 Å². The number of hydrogen-bond donors (Lipinski definition) is 0. The minimum absolute atomic E-state index is 0. The Bertz CT molecular complexity index is 812. The van der Waals surface area contributed by atoms with E-state index in [1.807, 2.05) is 0 Å². The lowest BCUT2D eigenvalue weighted by atomic mass is 10.0. The molecule has 4 heteroatoms. The number of hydrogen-bond acceptors (Lipinski definition) is 0. The number of pyridine rings is 1. The van der Waals surface area contributed by atoms with E-state index < -0.39 is 0 Å². The summed E-state index contributed by atoms with van der Waals surface area (Å²) in [5.41, 5.74) is 6.20. The fourth-order valence-corrected chi connectivity index (χ4v) is 3.13. The molecular weight excluding hydrogens is 576 g/mol. The van der Waals surface area contributed by atoms with E-state index in [1.54, 1.807) is 0 Å². The number of benzene rings is 2. The van der Waals surface area contributed by atoms with Gasteiger partial charge in [0.15, 0.2) is 5.69 Å². The van der Waals surface area contributed by atoms with Crippen LogP contribution in [0.15, 0.2) is 65.1 Å². The topological polar surface area (TPSA) is 3.88 Å². The van der Waals surface area contributed by atoms with E-state index in [4.69, 9.17) is 0 Å². The van der Waals surface area contributed by atoms with Crippen LogP contribution in [0.25, 0.3) is 22.4 Å². The van der Waals surface area contributed by atoms with Gasteiger partial charge in [-0.3, -0.25) is 0 Å². The number of rotatable bonds is 2. The van der Waals surface area contributed by atoms with Crippen molar-refractivity contribution < 1.29 is 28.5 Å². The number of aromatic nitrogens is 1. The Labute approximate surface area is 176 Å². The van der Waals surface area contributed by atoms with Gasteiger partial charge in [0.05, 0.1) is 0 Å². The molecule has 1 heterocycles. The molecule has 0 N–H and O–H groups in total. The van der Waals surface area contributed by atoms with Crippen molar-refractivity contribution in [2.24, 2.45) is 7.05 Å². The summed E-state index contributed by atoms with van der Waals surface area (Å²) >= 11 is 5.84. The SMILES string of the molecule is Cc1cc(-c2ccc(I)cc2)cc(-c2ccc(Br)cc2)[n+]1C.[I-]. The molecule has 1 nitrogen and oxygen atoms in total. The third kappa shape index (κ3) is 4.33. The van der Waals surface area contributed by atoms with Crippen molar-refractivity contribution in [2.75, 3.05) is 0 Å². The Balaban J connectivity index is 0.00000192. The molecule has 0 bridgehead atoms. The van der Waals surface area contributed by atoms with Crippen LogP contribution < -0.4 is 28.5 Å². The first-order chi connectivity index (χ1) is 10.5. The van der Waals surface area contributed by atoms with Gasteiger partial charge in [-0.05, 0) is 70.1 Å². The van der Waals surface area contributed by atoms with Crippen LogP contribution in [0.3, 0.4) is 0 Å². The molecule has 3 aromatic rings. The first kappa shape index (κ1) is 18.9. The predicted octanol–water partition coefficient (Wildman–Crippen LogP) is 2.52. The van der Waals surface area contributed by atoms with Crippen LogP contribution in [0, 0.1) is 10.5 Å². The molecule has 1 aromatic heterocycles. The van der Waals surface area contributed by atoms with Gasteiger partial charge in [-0.1, -0.05) is 28.1 Å². The van der Waals surface area contributed by atoms with Gasteiger partial charge in [-0.2, -0.15) is 4.57 Å². The Morgan fingerprint density at radius 2 is 1.39 bits per heavy atom. The maximum absolute atomic E-state index is 3.50. The zero-order chi connectivity index (χ0) is 15.7. The average molecular weight is 592 g/mol. The number of aryl methyl sites for hydroxylation is 1. The summed E-state index contributed by atoms with van der Waals surface area (Å²) < 4.78 is 4.59. The van der Waals surface area contributed by atoms with Crippen LogP contribution in [-0.2, 0) is 7.05 Å². The van der Waals surface area contributed by atoms with E-state index in [2.05, 4.69) is 118 Å². The van der Waals surface area contributed by atoms with Gasteiger partial charge >= 0.3 is 0 Å². The van der Waals surface area contributed by atoms with E-state index in [9.17, 15) is 0 Å². The Morgan fingerprint density at radius 3 is 2.00 bits per heavy atom. The molecule has 0 saturated heterocycles. The average Bonchev–Trinajstić information content (AvgIpc) is 2.52. The lowest BCUT2D eigenvalue weighted by Gasteiger charge is -2.08. The summed E-state index contributed by atoms with van der Waals surface area (Å²) in [5.74, 6) is 0. The van der Waals surface area contributed by atoms with Crippen molar-refractivity contribution in [1.29, 1.82) is 0 Å². The minimum Gasteiger partial charge on any atom is -1.00 e. The lowest BCUT2D eigenvalue weighted by Crippen LogP contribution is -3.00. The molecule has 0 aliphatic carbocycles. The van der Waals surface area contributed by atoms with Crippen LogP contribution in [0.5, 0.6) is 0 Å². The fraction of sp³-hybridized carbons (Fsp3) is 0.105. The highest BCUT2D eigenvalue weighted by Crippen LogP contribution is 2.26. The second-order valence-electron chi connectivity index (χ2n) is 5.34. The third-order valence-corrected chi connectivity index (χ3v) is 5.11. The van der Waals surface area contributed by atoms with Crippen molar-refractivity contribution in [1.82, 2.24) is 0 Å². The van der Waals surface area contributed by atoms with Crippen molar-refractivity contribution in [3.63, 3.8) is 0 Å². The van der Waals surface area contributed by atoms with Gasteiger partial charge in [0.25, 0.3) is 0 Å². The second kappa shape index (κ2) is 8.07. The Kier molecular flexibility index (Phi) is 6.62. The summed E-state index contributed by atoms with van der Waals surface area (Å²) in [5, 5.41) is 0. The molecule has 0 aliphatic rings. The summed E-state index contributed by atoms with van der Waals surface area (Å²) in [4.78, 5) is 0. The smallest absolute Gasteiger partial charge is 0.213 e. The molecule has 0 amide bonds. The van der Waals surface area contributed by atoms with Gasteiger partial charge < -0.3 is 24.0 Å². The highest BCUT2D eigenvalue weighted by molar-refractivity contribution is 14.1. The maximum atomic E-state index is 3.50. The zero-order valence-electron chi connectivity index (χ0n) is 12.9. The van der Waals surface area contributed by atoms with E-state index in [0.717, 1.165) is 4.47 Å². The van der Waals surface area contributed by atoms with Crippen LogP contribution in [0.2, 0.25) is 0 Å². The lowest BCUT2D eigenvalue weighted by molar-refractivity contribution is -0.666. The standard InChI is InChI=1S/C19H16BrIN.HI/c1-13-11-16(14-5-9-18(21)10-6-14)12-19(22(13)2)15-3-7-17(20)8-4-15;/h3-12H,1-2H3;1H/q+1;/p-1. The zero-order valence-corrected chi connectivity index (χ0v) is 18.8. The third-order valence-electron chi connectivity index (χ3n) is 3.86. The highest BCUT2D eigenvalue weighted by Gasteiger charge is 2.15. The van der Waals surface area contributed by atoms with Crippen molar-refractivity contribution in [3.8, 4) is 22.4 Å². The van der Waals surface area contributed by atoms with E-state index >= 15 is 0 Å². The van der Waals surface area contributed by atoms with Crippen LogP contribution in [-0.4, -0.2) is 0 Å². The van der Waals surface area contributed by atoms with Gasteiger partial charge in [0.1, 0.15) is 7.05 Å². The van der Waals surface area contributed by atoms with E-state index in [1.165, 1.54) is 31.6 Å². The summed E-state index contributed by atoms with van der Waals surface area (Å²) in [7, 11) is 2.12. The molecule has 0 atom stereocenters. The molecule has 2 aromatic carbocycles. The maximum Gasteiger partial charge on any atom is 0.213 e. The largest absolute Gasteiger partial charge is 1.00 e. The van der Waals surface area contributed by atoms with Crippen molar-refractivity contribution in [3.05, 3.63) is 74.4 Å². The normalized spacial score (nSPS) is 10.3. The minimum atomic E-state index is 0. The van der Waals surface area contributed by atoms with Crippen LogP contribution in [0.1, 0.15) is 5.69 Å². The molecular formula is C19H16BrI2N. The molecule has 0 radical (unpaired) electrons. The first-order valence-corrected chi connectivity index (χ1v) is 8.94. The monoisotopic (exact) mass is 591 g/mol. The molecule has 118 valence electrons. The summed E-state index contributed by atoms with van der Waals surface area (Å²) in [6, 6.07) is 21.6. The first-order valence-electron chi connectivity index (χ1n) is 7.07. The van der Waals surface area contributed by atoms with Crippen molar-refractivity contribution >= 4 is 38.5 Å². The van der Waals surface area contributed by atoms with Crippen molar-refractivity contribution in [2.45, 2.75) is 6.92 Å². The summed E-state index contributed by atoms with van der Waals surface area (Å²) in [6.45, 7) is 2.15. The fourth-order valence-electron chi connectivity index (χ4n) is 2.50. The second-order valence-corrected chi connectivity index (χ2v) is 7.50. The molecule has 0 aliphatic heterocycles. The molecule has 3 rings (SSSR count). The molecule has 0 saturated carbocycles. The number of nitrogens with zero attached hydrogens (tertiary/aromatic N) is 1. The molecule has 0 spiro atoms. The number of halogens is 3. The van der Waals surface area contributed by atoms with Crippen LogP contribution in [0.4, 0.5) is 0 Å². The molecule has 0 unspecified atom stereocenters. The van der Waals surface area contributed by atoms with Gasteiger partial charge in [0.2, 0.25) is 5.69 Å². The van der Waals surface area contributed by atoms with E-state index in [0.29, 0.717) is 0 Å². The van der Waals surface area contributed by atoms with Gasteiger partial charge in [-0.15, -0.1) is 0 Å². The molecule has 0 fully saturated rings. The predicted molar refractivity (Wildman–Crippen MR) is 104 cm³/mol.